The van der Waals surface area contributed by atoms with Crippen LogP contribution in [0.2, 0.25) is 0 Å². The molecule has 0 aromatic rings. The highest BCUT2D eigenvalue weighted by Gasteiger charge is 2.33. The van der Waals surface area contributed by atoms with Crippen molar-refractivity contribution in [2.75, 3.05) is 13.2 Å². The summed E-state index contributed by atoms with van der Waals surface area (Å²) >= 11 is 0. The van der Waals surface area contributed by atoms with Crippen molar-refractivity contribution in [2.24, 2.45) is 5.92 Å². The van der Waals surface area contributed by atoms with Crippen molar-refractivity contribution in [3.8, 4) is 0 Å². The van der Waals surface area contributed by atoms with E-state index in [0.29, 0.717) is 6.04 Å². The molecule has 0 aliphatic heterocycles. The molecule has 0 saturated carbocycles. The van der Waals surface area contributed by atoms with Gasteiger partial charge in [0.05, 0.1) is 5.60 Å². The smallest absolute Gasteiger partial charge is 0.0804 e. The Balaban J connectivity index is 4.71. The zero-order valence-corrected chi connectivity index (χ0v) is 13.5. The third-order valence-corrected chi connectivity index (χ3v) is 4.28. The highest BCUT2D eigenvalue weighted by atomic mass is 16.5. The summed E-state index contributed by atoms with van der Waals surface area (Å²) in [6.45, 7) is 15.3. The third-order valence-electron chi connectivity index (χ3n) is 4.28. The maximum absolute atomic E-state index is 6.07. The molecule has 0 saturated heterocycles. The minimum absolute atomic E-state index is 0.0213. The zero-order chi connectivity index (χ0) is 14.0. The normalized spacial score (nSPS) is 16.8. The molecule has 2 unspecified atom stereocenters. The van der Waals surface area contributed by atoms with Crippen LogP contribution >= 0.6 is 0 Å². The molecule has 110 valence electrons. The van der Waals surface area contributed by atoms with Crippen LogP contribution in [0.1, 0.15) is 73.6 Å². The average Bonchev–Trinajstić information content (AvgIpc) is 2.39. The van der Waals surface area contributed by atoms with Crippen molar-refractivity contribution >= 4 is 0 Å². The maximum atomic E-state index is 6.07. The van der Waals surface area contributed by atoms with Gasteiger partial charge in [0.2, 0.25) is 0 Å². The summed E-state index contributed by atoms with van der Waals surface area (Å²) in [4.78, 5) is 0. The first-order valence-corrected chi connectivity index (χ1v) is 7.95. The summed E-state index contributed by atoms with van der Waals surface area (Å²) in [7, 11) is 0. The number of hydrogen-bond acceptors (Lipinski definition) is 2. The van der Waals surface area contributed by atoms with Crippen LogP contribution < -0.4 is 5.32 Å². The zero-order valence-electron chi connectivity index (χ0n) is 13.5. The van der Waals surface area contributed by atoms with Gasteiger partial charge in [-0.2, -0.15) is 0 Å². The standard InChI is InChI=1S/C16H35NO/c1-7-12-17-15(13-14(8-2)9-3)16(6,10-4)18-11-5/h14-15,17H,7-13H2,1-6H3. The summed E-state index contributed by atoms with van der Waals surface area (Å²) in [5.41, 5.74) is -0.0213. The molecule has 2 nitrogen and oxygen atoms in total. The van der Waals surface area contributed by atoms with Crippen molar-refractivity contribution in [2.45, 2.75) is 85.3 Å². The van der Waals surface area contributed by atoms with E-state index in [0.717, 1.165) is 25.5 Å². The summed E-state index contributed by atoms with van der Waals surface area (Å²) in [6, 6.07) is 0.479. The first-order chi connectivity index (χ1) is 8.57. The molecular formula is C16H35NO. The highest BCUT2D eigenvalue weighted by Crippen LogP contribution is 2.27. The van der Waals surface area contributed by atoms with Crippen molar-refractivity contribution < 1.29 is 4.74 Å². The summed E-state index contributed by atoms with van der Waals surface area (Å²) in [6.07, 6.45) is 6.03. The summed E-state index contributed by atoms with van der Waals surface area (Å²) < 4.78 is 6.07. The van der Waals surface area contributed by atoms with Gasteiger partial charge in [0.1, 0.15) is 0 Å². The average molecular weight is 257 g/mol. The monoisotopic (exact) mass is 257 g/mol. The minimum atomic E-state index is -0.0213. The van der Waals surface area contributed by atoms with Crippen LogP contribution in [0.15, 0.2) is 0 Å². The molecule has 0 aromatic carbocycles. The Morgan fingerprint density at radius 1 is 1.06 bits per heavy atom. The van der Waals surface area contributed by atoms with E-state index in [-0.39, 0.29) is 5.60 Å². The van der Waals surface area contributed by atoms with Gasteiger partial charge in [-0.3, -0.25) is 0 Å². The lowest BCUT2D eigenvalue weighted by atomic mass is 9.84. The molecule has 0 rings (SSSR count). The van der Waals surface area contributed by atoms with E-state index < -0.39 is 0 Å². The Labute approximate surface area is 115 Å². The van der Waals surface area contributed by atoms with Gasteiger partial charge >= 0.3 is 0 Å². The molecule has 1 N–H and O–H groups in total. The van der Waals surface area contributed by atoms with Crippen LogP contribution in [0.25, 0.3) is 0 Å². The molecule has 18 heavy (non-hydrogen) atoms. The molecular weight excluding hydrogens is 222 g/mol. The SMILES string of the molecule is CCCNC(CC(CC)CC)C(C)(CC)OCC. The van der Waals surface area contributed by atoms with Crippen LogP contribution in [0, 0.1) is 5.92 Å². The Kier molecular flexibility index (Phi) is 9.76. The Bertz CT molecular complexity index is 192. The third kappa shape index (κ3) is 5.71. The molecule has 0 aliphatic carbocycles. The lowest BCUT2D eigenvalue weighted by molar-refractivity contribution is -0.0604. The fourth-order valence-corrected chi connectivity index (χ4v) is 2.60. The van der Waals surface area contributed by atoms with E-state index in [1.54, 1.807) is 0 Å². The topological polar surface area (TPSA) is 21.3 Å². The van der Waals surface area contributed by atoms with Gasteiger partial charge < -0.3 is 10.1 Å². The minimum Gasteiger partial charge on any atom is -0.374 e. The van der Waals surface area contributed by atoms with Gasteiger partial charge in [-0.25, -0.2) is 0 Å². The first-order valence-electron chi connectivity index (χ1n) is 7.95. The van der Waals surface area contributed by atoms with Gasteiger partial charge in [0, 0.05) is 12.6 Å². The molecule has 0 aromatic heterocycles. The van der Waals surface area contributed by atoms with Crippen molar-refractivity contribution in [1.29, 1.82) is 0 Å². The van der Waals surface area contributed by atoms with Crippen LogP contribution in [-0.4, -0.2) is 24.8 Å². The predicted molar refractivity (Wildman–Crippen MR) is 81.1 cm³/mol. The van der Waals surface area contributed by atoms with E-state index >= 15 is 0 Å². The number of ether oxygens (including phenoxy) is 1. The van der Waals surface area contributed by atoms with Crippen LogP contribution in [-0.2, 0) is 4.74 Å². The molecule has 2 heteroatoms. The van der Waals surface area contributed by atoms with Gasteiger partial charge in [0.15, 0.2) is 0 Å². The molecule has 2 atom stereocenters. The lowest BCUT2D eigenvalue weighted by Crippen LogP contribution is -2.51. The quantitative estimate of drug-likeness (QED) is 0.593. The first kappa shape index (κ1) is 17.9. The number of hydrogen-bond donors (Lipinski definition) is 1. The Morgan fingerprint density at radius 3 is 2.06 bits per heavy atom. The van der Waals surface area contributed by atoms with Crippen LogP contribution in [0.3, 0.4) is 0 Å². The Morgan fingerprint density at radius 2 is 1.67 bits per heavy atom. The molecule has 0 heterocycles. The summed E-state index contributed by atoms with van der Waals surface area (Å²) in [5.74, 6) is 0.811. The molecule has 0 fully saturated rings. The number of rotatable bonds is 11. The largest absolute Gasteiger partial charge is 0.374 e. The van der Waals surface area contributed by atoms with E-state index in [4.69, 9.17) is 4.74 Å². The molecule has 0 amide bonds. The second-order valence-electron chi connectivity index (χ2n) is 5.52. The van der Waals surface area contributed by atoms with E-state index in [2.05, 4.69) is 46.9 Å². The molecule has 0 radical (unpaired) electrons. The van der Waals surface area contributed by atoms with Gasteiger partial charge in [-0.05, 0) is 45.6 Å². The summed E-state index contributed by atoms with van der Waals surface area (Å²) in [5, 5.41) is 3.72. The fraction of sp³-hybridized carbons (Fsp3) is 1.00. The van der Waals surface area contributed by atoms with Crippen LogP contribution in [0.4, 0.5) is 0 Å². The predicted octanol–water partition coefficient (Wildman–Crippen LogP) is 4.39. The maximum Gasteiger partial charge on any atom is 0.0804 e. The second kappa shape index (κ2) is 9.80. The van der Waals surface area contributed by atoms with Gasteiger partial charge in [0.25, 0.3) is 0 Å². The fourth-order valence-electron chi connectivity index (χ4n) is 2.60. The van der Waals surface area contributed by atoms with E-state index in [1.807, 2.05) is 0 Å². The van der Waals surface area contributed by atoms with Crippen molar-refractivity contribution in [1.82, 2.24) is 5.32 Å². The Hall–Kier alpha value is -0.0800. The van der Waals surface area contributed by atoms with E-state index in [1.165, 1.54) is 25.7 Å². The van der Waals surface area contributed by atoms with Crippen LogP contribution in [0.5, 0.6) is 0 Å². The molecule has 0 bridgehead atoms. The van der Waals surface area contributed by atoms with Crippen molar-refractivity contribution in [3.05, 3.63) is 0 Å². The van der Waals surface area contributed by atoms with Gasteiger partial charge in [-0.15, -0.1) is 0 Å². The van der Waals surface area contributed by atoms with E-state index in [9.17, 15) is 0 Å². The second-order valence-corrected chi connectivity index (χ2v) is 5.52. The van der Waals surface area contributed by atoms with Gasteiger partial charge in [-0.1, -0.05) is 40.5 Å². The highest BCUT2D eigenvalue weighted by molar-refractivity contribution is 4.90. The van der Waals surface area contributed by atoms with Crippen molar-refractivity contribution in [3.63, 3.8) is 0 Å². The molecule has 0 spiro atoms. The lowest BCUT2D eigenvalue weighted by Gasteiger charge is -2.39. The molecule has 0 aliphatic rings. The number of nitrogens with one attached hydrogen (secondary N) is 1.